The molecule has 5 heteroatoms. The van der Waals surface area contributed by atoms with Crippen molar-refractivity contribution in [1.29, 1.82) is 0 Å². The number of hydrogen-bond donors (Lipinski definition) is 1. The van der Waals surface area contributed by atoms with Gasteiger partial charge in [0.15, 0.2) is 0 Å². The Morgan fingerprint density at radius 3 is 2.76 bits per heavy atom. The second-order valence-electron chi connectivity index (χ2n) is 5.15. The number of aryl methyl sites for hydroxylation is 1. The highest BCUT2D eigenvalue weighted by Crippen LogP contribution is 2.31. The Morgan fingerprint density at radius 1 is 1.19 bits per heavy atom. The highest BCUT2D eigenvalue weighted by atomic mass is 79.9. The molecule has 1 aliphatic heterocycles. The molecule has 0 aliphatic carbocycles. The minimum atomic E-state index is -0.318. The van der Waals surface area contributed by atoms with E-state index in [1.54, 1.807) is 11.0 Å². The number of nitrogens with two attached hydrogens (primary N) is 1. The van der Waals surface area contributed by atoms with Gasteiger partial charge < -0.3 is 10.6 Å². The third kappa shape index (κ3) is 2.93. The minimum absolute atomic E-state index is 0.0488. The van der Waals surface area contributed by atoms with Gasteiger partial charge in [-0.05, 0) is 53.9 Å². The maximum atomic E-state index is 13.5. The van der Waals surface area contributed by atoms with Crippen LogP contribution in [0.15, 0.2) is 40.9 Å². The summed E-state index contributed by atoms with van der Waals surface area (Å²) in [6.45, 7) is 0.353. The highest BCUT2D eigenvalue weighted by molar-refractivity contribution is 9.10. The summed E-state index contributed by atoms with van der Waals surface area (Å²) in [5, 5.41) is 0. The van der Waals surface area contributed by atoms with Gasteiger partial charge in [0.1, 0.15) is 5.82 Å². The van der Waals surface area contributed by atoms with Gasteiger partial charge in [-0.15, -0.1) is 0 Å². The number of hydrogen-bond acceptors (Lipinski definition) is 2. The average Bonchev–Trinajstić information content (AvgIpc) is 2.41. The molecule has 0 saturated heterocycles. The Hall–Kier alpha value is -1.88. The molecule has 1 aliphatic rings. The topological polar surface area (TPSA) is 46.3 Å². The number of fused-ring (bicyclic) bond motifs is 1. The first-order valence-electron chi connectivity index (χ1n) is 6.66. The molecule has 0 aromatic heterocycles. The van der Waals surface area contributed by atoms with Gasteiger partial charge in [0, 0.05) is 22.3 Å². The fourth-order valence-corrected chi connectivity index (χ4v) is 3.15. The number of anilines is 2. The summed E-state index contributed by atoms with van der Waals surface area (Å²) >= 11 is 3.27. The lowest BCUT2D eigenvalue weighted by Gasteiger charge is -2.29. The van der Waals surface area contributed by atoms with Gasteiger partial charge in [-0.25, -0.2) is 4.39 Å². The SMILES string of the molecule is Nc1ccc2c(c1)CCC(=O)N2Cc1cc(F)cc(Br)c1. The lowest BCUT2D eigenvalue weighted by Crippen LogP contribution is -2.34. The lowest BCUT2D eigenvalue weighted by molar-refractivity contribution is -0.119. The van der Waals surface area contributed by atoms with Crippen LogP contribution in [0.3, 0.4) is 0 Å². The molecule has 3 rings (SSSR count). The molecule has 21 heavy (non-hydrogen) atoms. The molecule has 2 aromatic rings. The molecule has 0 radical (unpaired) electrons. The molecule has 108 valence electrons. The molecule has 1 heterocycles. The first-order chi connectivity index (χ1) is 10.0. The van der Waals surface area contributed by atoms with Crippen LogP contribution in [-0.2, 0) is 17.8 Å². The number of benzene rings is 2. The summed E-state index contributed by atoms with van der Waals surface area (Å²) in [6, 6.07) is 10.2. The van der Waals surface area contributed by atoms with Gasteiger partial charge in [-0.1, -0.05) is 15.9 Å². The normalized spacial score (nSPS) is 14.2. The van der Waals surface area contributed by atoms with Crippen LogP contribution >= 0.6 is 15.9 Å². The Bertz CT molecular complexity index is 697. The third-order valence-electron chi connectivity index (χ3n) is 3.57. The molecule has 0 unspecified atom stereocenters. The predicted molar refractivity (Wildman–Crippen MR) is 84.5 cm³/mol. The van der Waals surface area contributed by atoms with Crippen molar-refractivity contribution in [2.24, 2.45) is 0 Å². The third-order valence-corrected chi connectivity index (χ3v) is 4.02. The number of halogens is 2. The van der Waals surface area contributed by atoms with Gasteiger partial charge in [0.05, 0.1) is 6.54 Å². The molecule has 3 nitrogen and oxygen atoms in total. The Kier molecular flexibility index (Phi) is 3.68. The van der Waals surface area contributed by atoms with E-state index < -0.39 is 0 Å². The summed E-state index contributed by atoms with van der Waals surface area (Å²) in [6.07, 6.45) is 1.15. The first kappa shape index (κ1) is 14.1. The van der Waals surface area contributed by atoms with Crippen LogP contribution in [0.25, 0.3) is 0 Å². The average molecular weight is 349 g/mol. The molecule has 2 aromatic carbocycles. The first-order valence-corrected chi connectivity index (χ1v) is 7.46. The van der Waals surface area contributed by atoms with Crippen LogP contribution in [0.4, 0.5) is 15.8 Å². The monoisotopic (exact) mass is 348 g/mol. The van der Waals surface area contributed by atoms with Crippen molar-refractivity contribution in [3.8, 4) is 0 Å². The van der Waals surface area contributed by atoms with Crippen molar-refractivity contribution in [3.63, 3.8) is 0 Å². The summed E-state index contributed by atoms with van der Waals surface area (Å²) < 4.78 is 14.1. The largest absolute Gasteiger partial charge is 0.399 e. The minimum Gasteiger partial charge on any atom is -0.399 e. The standard InChI is InChI=1S/C16H14BrFN2O/c17-12-5-10(6-13(18)8-12)9-20-15-3-2-14(19)7-11(15)1-4-16(20)21/h2-3,5-8H,1,4,9,19H2. The number of carbonyl (C=O) groups is 1. The Labute approximate surface area is 130 Å². The van der Waals surface area contributed by atoms with Crippen molar-refractivity contribution in [1.82, 2.24) is 0 Å². The van der Waals surface area contributed by atoms with Gasteiger partial charge in [-0.3, -0.25) is 4.79 Å². The number of carbonyl (C=O) groups excluding carboxylic acids is 1. The quantitative estimate of drug-likeness (QED) is 0.842. The molecule has 1 amide bonds. The van der Waals surface area contributed by atoms with Crippen LogP contribution in [0.2, 0.25) is 0 Å². The molecular formula is C16H14BrFN2O. The van der Waals surface area contributed by atoms with E-state index >= 15 is 0 Å². The number of rotatable bonds is 2. The number of nitrogens with zero attached hydrogens (tertiary/aromatic N) is 1. The van der Waals surface area contributed by atoms with E-state index in [1.807, 2.05) is 18.2 Å². The van der Waals surface area contributed by atoms with Crippen LogP contribution in [0.1, 0.15) is 17.5 Å². The second-order valence-corrected chi connectivity index (χ2v) is 6.06. The van der Waals surface area contributed by atoms with Crippen LogP contribution < -0.4 is 10.6 Å². The predicted octanol–water partition coefficient (Wildman–Crippen LogP) is 3.65. The van der Waals surface area contributed by atoms with E-state index in [0.29, 0.717) is 29.5 Å². The molecule has 2 N–H and O–H groups in total. The maximum absolute atomic E-state index is 13.5. The van der Waals surface area contributed by atoms with Crippen molar-refractivity contribution in [3.05, 3.63) is 57.8 Å². The summed E-state index contributed by atoms with van der Waals surface area (Å²) in [4.78, 5) is 13.9. The molecule has 0 spiro atoms. The molecule has 0 fully saturated rings. The van der Waals surface area contributed by atoms with E-state index in [9.17, 15) is 9.18 Å². The molecule has 0 atom stereocenters. The zero-order valence-electron chi connectivity index (χ0n) is 11.3. The lowest BCUT2D eigenvalue weighted by atomic mass is 10.00. The molecular weight excluding hydrogens is 335 g/mol. The van der Waals surface area contributed by atoms with Gasteiger partial charge in [0.25, 0.3) is 0 Å². The van der Waals surface area contributed by atoms with Crippen LogP contribution in [0, 0.1) is 5.82 Å². The zero-order valence-corrected chi connectivity index (χ0v) is 12.9. The van der Waals surface area contributed by atoms with Gasteiger partial charge in [-0.2, -0.15) is 0 Å². The summed E-state index contributed by atoms with van der Waals surface area (Å²) in [5.74, 6) is -0.269. The van der Waals surface area contributed by atoms with E-state index in [-0.39, 0.29) is 11.7 Å². The van der Waals surface area contributed by atoms with Crippen molar-refractivity contribution in [2.45, 2.75) is 19.4 Å². The number of nitrogen functional groups attached to an aromatic ring is 1. The maximum Gasteiger partial charge on any atom is 0.227 e. The van der Waals surface area contributed by atoms with Gasteiger partial charge >= 0.3 is 0 Å². The summed E-state index contributed by atoms with van der Waals surface area (Å²) in [7, 11) is 0. The van der Waals surface area contributed by atoms with Gasteiger partial charge in [0.2, 0.25) is 5.91 Å². The van der Waals surface area contributed by atoms with Crippen LogP contribution in [0.5, 0.6) is 0 Å². The fourth-order valence-electron chi connectivity index (χ4n) is 2.64. The Morgan fingerprint density at radius 2 is 2.00 bits per heavy atom. The fraction of sp³-hybridized carbons (Fsp3) is 0.188. The van der Waals surface area contributed by atoms with E-state index in [1.165, 1.54) is 12.1 Å². The zero-order chi connectivity index (χ0) is 15.0. The summed E-state index contributed by atoms with van der Waals surface area (Å²) in [5.41, 5.74) is 9.16. The van der Waals surface area contributed by atoms with Crippen LogP contribution in [-0.4, -0.2) is 5.91 Å². The van der Waals surface area contributed by atoms with Crippen molar-refractivity contribution in [2.75, 3.05) is 10.6 Å². The number of amides is 1. The van der Waals surface area contributed by atoms with Crippen molar-refractivity contribution < 1.29 is 9.18 Å². The second kappa shape index (κ2) is 5.48. The molecule has 0 bridgehead atoms. The highest BCUT2D eigenvalue weighted by Gasteiger charge is 2.24. The Balaban J connectivity index is 1.96. The van der Waals surface area contributed by atoms with E-state index in [2.05, 4.69) is 15.9 Å². The van der Waals surface area contributed by atoms with E-state index in [0.717, 1.165) is 16.8 Å². The van der Waals surface area contributed by atoms with E-state index in [4.69, 9.17) is 5.73 Å². The van der Waals surface area contributed by atoms with Crippen molar-refractivity contribution >= 4 is 33.2 Å². The molecule has 0 saturated carbocycles. The smallest absolute Gasteiger partial charge is 0.227 e.